The van der Waals surface area contributed by atoms with Gasteiger partial charge in [-0.1, -0.05) is 30.3 Å². The third-order valence-electron chi connectivity index (χ3n) is 2.84. The zero-order valence-electron chi connectivity index (χ0n) is 10.8. The average molecular weight is 286 g/mol. The molecule has 0 saturated carbocycles. The molecule has 0 bridgehead atoms. The molecule has 5 nitrogen and oxygen atoms in total. The smallest absolute Gasteiger partial charge is 0.264 e. The minimum Gasteiger partial charge on any atom is -0.374 e. The maximum absolute atomic E-state index is 11.1. The largest absolute Gasteiger partial charge is 0.374 e. The Labute approximate surface area is 113 Å². The Hall–Kier alpha value is -0.950. The van der Waals surface area contributed by atoms with Crippen LogP contribution in [0.15, 0.2) is 30.3 Å². The Morgan fingerprint density at radius 2 is 2.05 bits per heavy atom. The summed E-state index contributed by atoms with van der Waals surface area (Å²) in [5.41, 5.74) is 1.07. The van der Waals surface area contributed by atoms with Gasteiger partial charge in [0, 0.05) is 13.0 Å². The van der Waals surface area contributed by atoms with Gasteiger partial charge in [-0.25, -0.2) is 0 Å². The minimum atomic E-state index is -3.45. The molecule has 0 radical (unpaired) electrons. The quantitative estimate of drug-likeness (QED) is 0.738. The highest BCUT2D eigenvalue weighted by Gasteiger charge is 2.32. The van der Waals surface area contributed by atoms with Gasteiger partial charge < -0.3 is 9.47 Å². The summed E-state index contributed by atoms with van der Waals surface area (Å²) in [6, 6.07) is 9.78. The molecule has 19 heavy (non-hydrogen) atoms. The molecule has 0 spiro atoms. The van der Waals surface area contributed by atoms with Crippen molar-refractivity contribution in [1.29, 1.82) is 0 Å². The van der Waals surface area contributed by atoms with Crippen LogP contribution in [0.4, 0.5) is 0 Å². The molecular weight excluding hydrogens is 268 g/mol. The lowest BCUT2D eigenvalue weighted by atomic mass is 10.2. The van der Waals surface area contributed by atoms with E-state index in [1.807, 2.05) is 30.3 Å². The molecule has 0 aliphatic carbocycles. The van der Waals surface area contributed by atoms with E-state index in [4.69, 9.17) is 13.7 Å². The molecule has 0 N–H and O–H groups in total. The summed E-state index contributed by atoms with van der Waals surface area (Å²) >= 11 is 0. The maximum Gasteiger partial charge on any atom is 0.264 e. The summed E-state index contributed by atoms with van der Waals surface area (Å²) in [6.07, 6.45) is 0.865. The third-order valence-corrected chi connectivity index (χ3v) is 3.44. The van der Waals surface area contributed by atoms with Crippen LogP contribution in [0.5, 0.6) is 0 Å². The van der Waals surface area contributed by atoms with Crippen molar-refractivity contribution >= 4 is 10.1 Å². The summed E-state index contributed by atoms with van der Waals surface area (Å²) in [5.74, 6) is 0. The molecule has 1 fully saturated rings. The molecule has 1 heterocycles. The second-order valence-corrected chi connectivity index (χ2v) is 6.14. The molecule has 2 atom stereocenters. The van der Waals surface area contributed by atoms with E-state index in [1.165, 1.54) is 0 Å². The first kappa shape index (κ1) is 14.5. The van der Waals surface area contributed by atoms with Gasteiger partial charge in [0.15, 0.2) is 0 Å². The maximum atomic E-state index is 11.1. The topological polar surface area (TPSA) is 61.8 Å². The highest BCUT2D eigenvalue weighted by atomic mass is 32.2. The van der Waals surface area contributed by atoms with Crippen LogP contribution in [0.25, 0.3) is 0 Å². The predicted molar refractivity (Wildman–Crippen MR) is 70.2 cm³/mol. The monoisotopic (exact) mass is 286 g/mol. The van der Waals surface area contributed by atoms with Crippen molar-refractivity contribution in [1.82, 2.24) is 0 Å². The fourth-order valence-corrected chi connectivity index (χ4v) is 2.66. The van der Waals surface area contributed by atoms with Gasteiger partial charge in [0.05, 0.1) is 19.5 Å². The Kier molecular flexibility index (Phi) is 4.93. The lowest BCUT2D eigenvalue weighted by molar-refractivity contribution is -0.0209. The van der Waals surface area contributed by atoms with Gasteiger partial charge >= 0.3 is 0 Å². The van der Waals surface area contributed by atoms with Crippen LogP contribution in [-0.2, 0) is 30.4 Å². The van der Waals surface area contributed by atoms with Crippen molar-refractivity contribution in [3.8, 4) is 0 Å². The fourth-order valence-electron chi connectivity index (χ4n) is 1.99. The summed E-state index contributed by atoms with van der Waals surface area (Å²) in [6.45, 7) is 1.31. The van der Waals surface area contributed by atoms with Crippen LogP contribution < -0.4 is 0 Å². The first-order valence-electron chi connectivity index (χ1n) is 6.16. The van der Waals surface area contributed by atoms with Crippen molar-refractivity contribution in [2.75, 3.05) is 19.5 Å². The normalized spacial score (nSPS) is 23.6. The van der Waals surface area contributed by atoms with E-state index in [1.54, 1.807) is 0 Å². The average Bonchev–Trinajstić information content (AvgIpc) is 2.76. The summed E-state index contributed by atoms with van der Waals surface area (Å²) in [4.78, 5) is 0. The van der Waals surface area contributed by atoms with E-state index in [9.17, 15) is 8.42 Å². The third kappa shape index (κ3) is 4.91. The van der Waals surface area contributed by atoms with Crippen molar-refractivity contribution in [2.24, 2.45) is 0 Å². The van der Waals surface area contributed by atoms with E-state index in [0.29, 0.717) is 26.2 Å². The Morgan fingerprint density at radius 1 is 1.32 bits per heavy atom. The first-order valence-corrected chi connectivity index (χ1v) is 7.98. The number of benzene rings is 1. The molecule has 0 aromatic heterocycles. The van der Waals surface area contributed by atoms with Crippen molar-refractivity contribution < 1.29 is 22.1 Å². The van der Waals surface area contributed by atoms with Crippen LogP contribution >= 0.6 is 0 Å². The summed E-state index contributed by atoms with van der Waals surface area (Å²) < 4.78 is 38.2. The van der Waals surface area contributed by atoms with Gasteiger partial charge in [-0.3, -0.25) is 4.18 Å². The van der Waals surface area contributed by atoms with Crippen LogP contribution in [0.3, 0.4) is 0 Å². The van der Waals surface area contributed by atoms with Gasteiger partial charge in [-0.05, 0) is 5.56 Å². The highest BCUT2D eigenvalue weighted by molar-refractivity contribution is 7.86. The molecule has 1 aromatic rings. The predicted octanol–water partition coefficient (Wildman–Crippen LogP) is 1.34. The van der Waals surface area contributed by atoms with Gasteiger partial charge in [0.1, 0.15) is 12.2 Å². The molecule has 0 amide bonds. The zero-order chi connectivity index (χ0) is 13.7. The summed E-state index contributed by atoms with van der Waals surface area (Å²) in [7, 11) is -3.45. The number of rotatable bonds is 6. The standard InChI is InChI=1S/C13H18O5S/c1-19(14,15)18-12-7-8-17-13(12)10-16-9-11-5-3-2-4-6-11/h2-6,12-13H,7-10H2,1H3/t12-,13-/m1/s1. The van der Waals surface area contributed by atoms with E-state index >= 15 is 0 Å². The van der Waals surface area contributed by atoms with Crippen molar-refractivity contribution in [3.63, 3.8) is 0 Å². The zero-order valence-corrected chi connectivity index (χ0v) is 11.6. The SMILES string of the molecule is CS(=O)(=O)O[C@@H]1CCO[C@@H]1COCc1ccccc1. The van der Waals surface area contributed by atoms with Gasteiger partial charge in [-0.15, -0.1) is 0 Å². The molecule has 0 unspecified atom stereocenters. The number of ether oxygens (including phenoxy) is 2. The molecule has 1 aliphatic rings. The van der Waals surface area contributed by atoms with Crippen LogP contribution in [0.1, 0.15) is 12.0 Å². The van der Waals surface area contributed by atoms with Crippen LogP contribution in [0, 0.1) is 0 Å². The minimum absolute atomic E-state index is 0.321. The molecule has 1 aromatic carbocycles. The lowest BCUT2D eigenvalue weighted by Crippen LogP contribution is -2.30. The Morgan fingerprint density at radius 3 is 2.74 bits per heavy atom. The van der Waals surface area contributed by atoms with E-state index in [-0.39, 0.29) is 6.10 Å². The highest BCUT2D eigenvalue weighted by Crippen LogP contribution is 2.19. The summed E-state index contributed by atoms with van der Waals surface area (Å²) in [5, 5.41) is 0. The first-order chi connectivity index (χ1) is 9.04. The van der Waals surface area contributed by atoms with E-state index in [2.05, 4.69) is 0 Å². The molecule has 2 rings (SSSR count). The Bertz CT molecular complexity index is 485. The molecule has 6 heteroatoms. The lowest BCUT2D eigenvalue weighted by Gasteiger charge is -2.17. The molecule has 1 saturated heterocycles. The van der Waals surface area contributed by atoms with Crippen molar-refractivity contribution in [2.45, 2.75) is 25.2 Å². The van der Waals surface area contributed by atoms with E-state index < -0.39 is 16.2 Å². The molecule has 106 valence electrons. The second-order valence-electron chi connectivity index (χ2n) is 4.54. The van der Waals surface area contributed by atoms with Gasteiger partial charge in [0.25, 0.3) is 10.1 Å². The second kappa shape index (κ2) is 6.47. The number of hydrogen-bond acceptors (Lipinski definition) is 5. The molecule has 1 aliphatic heterocycles. The van der Waals surface area contributed by atoms with Crippen molar-refractivity contribution in [3.05, 3.63) is 35.9 Å². The van der Waals surface area contributed by atoms with Crippen LogP contribution in [0.2, 0.25) is 0 Å². The van der Waals surface area contributed by atoms with Gasteiger partial charge in [0.2, 0.25) is 0 Å². The molecular formula is C13H18O5S. The van der Waals surface area contributed by atoms with E-state index in [0.717, 1.165) is 11.8 Å². The fraction of sp³-hybridized carbons (Fsp3) is 0.538. The number of hydrogen-bond donors (Lipinski definition) is 0. The van der Waals surface area contributed by atoms with Gasteiger partial charge in [-0.2, -0.15) is 8.42 Å². The van der Waals surface area contributed by atoms with Crippen LogP contribution in [-0.4, -0.2) is 40.1 Å². The Balaban J connectivity index is 1.79.